The third-order valence-corrected chi connectivity index (χ3v) is 1.82. The average Bonchev–Trinajstić information content (AvgIpc) is 1.91. The van der Waals surface area contributed by atoms with Gasteiger partial charge in [-0.2, -0.15) is 0 Å². The monoisotopic (exact) mass is 182 g/mol. The Morgan fingerprint density at radius 3 is 2.67 bits per heavy atom. The Balaban J connectivity index is 2.39. The molecule has 1 heterocycles. The van der Waals surface area contributed by atoms with Crippen molar-refractivity contribution >= 4 is 0 Å². The summed E-state index contributed by atoms with van der Waals surface area (Å²) in [7, 11) is 1.63. The van der Waals surface area contributed by atoms with E-state index in [0.29, 0.717) is 13.0 Å². The van der Waals surface area contributed by atoms with Gasteiger partial charge in [-0.15, -0.1) is 13.2 Å². The molecule has 1 aliphatic heterocycles. The van der Waals surface area contributed by atoms with Crippen molar-refractivity contribution in [3.05, 3.63) is 6.42 Å². The molecule has 12 heavy (non-hydrogen) atoms. The fourth-order valence-corrected chi connectivity index (χ4v) is 1.17. The van der Waals surface area contributed by atoms with Gasteiger partial charge in [0.2, 0.25) is 0 Å². The molecule has 0 aromatic heterocycles. The van der Waals surface area contributed by atoms with E-state index < -0.39 is 12.6 Å². The van der Waals surface area contributed by atoms with Crippen LogP contribution in [0.3, 0.4) is 0 Å². The van der Waals surface area contributed by atoms with Crippen molar-refractivity contribution in [2.24, 2.45) is 0 Å². The molecule has 1 aliphatic rings. The van der Waals surface area contributed by atoms with Gasteiger partial charge < -0.3 is 0 Å². The molecule has 5 heteroatoms. The average molecular weight is 182 g/mol. The summed E-state index contributed by atoms with van der Waals surface area (Å²) >= 11 is 0. The summed E-state index contributed by atoms with van der Waals surface area (Å²) in [6.45, 7) is 0.626. The summed E-state index contributed by atoms with van der Waals surface area (Å²) in [6, 6.07) is 0. The van der Waals surface area contributed by atoms with Crippen molar-refractivity contribution in [3.63, 3.8) is 0 Å². The number of rotatable bonds is 1. The molecule has 71 valence electrons. The van der Waals surface area contributed by atoms with Gasteiger partial charge in [-0.1, -0.05) is 0 Å². The number of piperidine rings is 1. The van der Waals surface area contributed by atoms with E-state index in [1.807, 2.05) is 6.42 Å². The lowest BCUT2D eigenvalue weighted by Crippen LogP contribution is -2.41. The minimum atomic E-state index is -4.52. The molecule has 1 unspecified atom stereocenters. The number of likely N-dealkylation sites (tertiary alicyclic amines) is 1. The summed E-state index contributed by atoms with van der Waals surface area (Å²) in [4.78, 5) is 1.56. The molecule has 1 fully saturated rings. The zero-order valence-corrected chi connectivity index (χ0v) is 6.77. The van der Waals surface area contributed by atoms with Crippen LogP contribution in [0.25, 0.3) is 0 Å². The largest absolute Gasteiger partial charge is 0.524 e. The maximum Gasteiger partial charge on any atom is 0.524 e. The molecule has 0 aliphatic carbocycles. The lowest BCUT2D eigenvalue weighted by molar-refractivity contribution is -0.360. The van der Waals surface area contributed by atoms with Crippen molar-refractivity contribution in [1.82, 2.24) is 4.90 Å². The van der Waals surface area contributed by atoms with E-state index >= 15 is 0 Å². The number of hydrogen-bond acceptors (Lipinski definition) is 2. The Morgan fingerprint density at radius 2 is 2.17 bits per heavy atom. The van der Waals surface area contributed by atoms with E-state index in [1.54, 1.807) is 11.9 Å². The first-order valence-corrected chi connectivity index (χ1v) is 3.75. The highest BCUT2D eigenvalue weighted by Crippen LogP contribution is 2.24. The van der Waals surface area contributed by atoms with Crippen molar-refractivity contribution in [3.8, 4) is 0 Å². The van der Waals surface area contributed by atoms with Gasteiger partial charge in [0.25, 0.3) is 0 Å². The third kappa shape index (κ3) is 2.98. The molecular formula is C7H11F3NO. The predicted octanol–water partition coefficient (Wildman–Crippen LogP) is 1.78. The summed E-state index contributed by atoms with van der Waals surface area (Å²) < 4.78 is 39.1. The molecule has 0 saturated carbocycles. The van der Waals surface area contributed by atoms with Crippen molar-refractivity contribution < 1.29 is 17.9 Å². The second kappa shape index (κ2) is 3.62. The highest BCUT2D eigenvalue weighted by Gasteiger charge is 2.35. The number of nitrogens with zero attached hydrogens (tertiary/aromatic N) is 1. The Bertz CT molecular complexity index is 148. The smallest absolute Gasteiger partial charge is 0.281 e. The molecule has 1 saturated heterocycles. The quantitative estimate of drug-likeness (QED) is 0.612. The number of ether oxygens (including phenoxy) is 1. The first-order chi connectivity index (χ1) is 5.49. The van der Waals surface area contributed by atoms with E-state index in [9.17, 15) is 13.2 Å². The highest BCUT2D eigenvalue weighted by molar-refractivity contribution is 4.78. The maximum atomic E-state index is 11.8. The van der Waals surface area contributed by atoms with Crippen molar-refractivity contribution in [2.45, 2.75) is 25.4 Å². The van der Waals surface area contributed by atoms with Crippen LogP contribution in [0.5, 0.6) is 0 Å². The van der Waals surface area contributed by atoms with E-state index in [1.165, 1.54) is 0 Å². The van der Waals surface area contributed by atoms with E-state index in [-0.39, 0.29) is 0 Å². The number of halogens is 3. The fourth-order valence-electron chi connectivity index (χ4n) is 1.17. The molecule has 0 aromatic carbocycles. The Morgan fingerprint density at radius 1 is 1.50 bits per heavy atom. The minimum Gasteiger partial charge on any atom is -0.281 e. The van der Waals surface area contributed by atoms with Gasteiger partial charge in [-0.3, -0.25) is 9.64 Å². The van der Waals surface area contributed by atoms with Crippen molar-refractivity contribution in [1.29, 1.82) is 0 Å². The van der Waals surface area contributed by atoms with E-state index in [4.69, 9.17) is 0 Å². The van der Waals surface area contributed by atoms with Gasteiger partial charge in [0.15, 0.2) is 0 Å². The van der Waals surface area contributed by atoms with Crippen LogP contribution in [-0.2, 0) is 4.74 Å². The molecule has 0 N–H and O–H groups in total. The van der Waals surface area contributed by atoms with E-state index in [2.05, 4.69) is 4.74 Å². The first-order valence-electron chi connectivity index (χ1n) is 3.75. The van der Waals surface area contributed by atoms with E-state index in [0.717, 1.165) is 6.42 Å². The van der Waals surface area contributed by atoms with Crippen LogP contribution in [0, 0.1) is 6.42 Å². The van der Waals surface area contributed by atoms with Crippen LogP contribution in [0.1, 0.15) is 12.8 Å². The minimum absolute atomic E-state index is 0.343. The third-order valence-electron chi connectivity index (χ3n) is 1.82. The topological polar surface area (TPSA) is 12.5 Å². The number of hydrogen-bond donors (Lipinski definition) is 0. The normalized spacial score (nSPS) is 27.5. The van der Waals surface area contributed by atoms with Crippen LogP contribution in [0.2, 0.25) is 0 Å². The molecule has 2 nitrogen and oxygen atoms in total. The van der Waals surface area contributed by atoms with Crippen LogP contribution < -0.4 is 0 Å². The standard InChI is InChI=1S/C7H11F3NO/c1-11-5-3-2-4-6(11)12-7(8,9)10/h2,6H,3-5H2,1H3. The molecule has 1 rings (SSSR count). The first kappa shape index (κ1) is 9.80. The Labute approximate surface area is 69.3 Å². The van der Waals surface area contributed by atoms with Crippen molar-refractivity contribution in [2.75, 3.05) is 13.6 Å². The lowest BCUT2D eigenvalue weighted by atomic mass is 10.1. The Kier molecular flexibility index (Phi) is 2.95. The molecular weight excluding hydrogens is 171 g/mol. The second-order valence-electron chi connectivity index (χ2n) is 2.81. The zero-order valence-electron chi connectivity index (χ0n) is 6.77. The summed E-state index contributed by atoms with van der Waals surface area (Å²) in [5.74, 6) is 0. The van der Waals surface area contributed by atoms with Gasteiger partial charge in [-0.25, -0.2) is 0 Å². The van der Waals surface area contributed by atoms with Crippen LogP contribution >= 0.6 is 0 Å². The number of alkyl halides is 3. The lowest BCUT2D eigenvalue weighted by Gasteiger charge is -2.32. The fraction of sp³-hybridized carbons (Fsp3) is 0.857. The summed E-state index contributed by atoms with van der Waals surface area (Å²) in [5, 5.41) is 0. The highest BCUT2D eigenvalue weighted by atomic mass is 19.4. The predicted molar refractivity (Wildman–Crippen MR) is 37.1 cm³/mol. The zero-order chi connectivity index (χ0) is 9.19. The van der Waals surface area contributed by atoms with Gasteiger partial charge >= 0.3 is 6.36 Å². The van der Waals surface area contributed by atoms with Gasteiger partial charge in [0, 0.05) is 6.54 Å². The molecule has 0 amide bonds. The maximum absolute atomic E-state index is 11.8. The second-order valence-corrected chi connectivity index (χ2v) is 2.81. The van der Waals surface area contributed by atoms with Crippen LogP contribution in [-0.4, -0.2) is 31.1 Å². The van der Waals surface area contributed by atoms with Gasteiger partial charge in [0.05, 0.1) is 0 Å². The molecule has 0 bridgehead atoms. The Hall–Kier alpha value is -0.290. The molecule has 0 aromatic rings. The van der Waals surface area contributed by atoms with Crippen LogP contribution in [0.4, 0.5) is 13.2 Å². The molecule has 0 spiro atoms. The van der Waals surface area contributed by atoms with Gasteiger partial charge in [0.1, 0.15) is 6.23 Å². The van der Waals surface area contributed by atoms with Gasteiger partial charge in [-0.05, 0) is 26.3 Å². The molecule has 1 radical (unpaired) electrons. The SMILES string of the molecule is CN1CC[CH]CC1OC(F)(F)F. The van der Waals surface area contributed by atoms with Crippen LogP contribution in [0.15, 0.2) is 0 Å². The molecule has 1 atom stereocenters. The summed E-state index contributed by atoms with van der Waals surface area (Å²) in [5.41, 5.74) is 0. The summed E-state index contributed by atoms with van der Waals surface area (Å²) in [6.07, 6.45) is -2.37.